The van der Waals surface area contributed by atoms with Crippen LogP contribution in [0.4, 0.5) is 24.7 Å². The molecule has 4 nitrogen and oxygen atoms in total. The zero-order valence-electron chi connectivity index (χ0n) is 9.74. The second kappa shape index (κ2) is 5.35. The maximum Gasteiger partial charge on any atom is 0.416 e. The molecule has 1 N–H and O–H groups in total. The number of anilines is 2. The molecule has 0 saturated heterocycles. The number of nitrogens with one attached hydrogen (secondary N) is 1. The zero-order valence-corrected chi connectivity index (χ0v) is 10.5. The van der Waals surface area contributed by atoms with Gasteiger partial charge in [0, 0.05) is 12.4 Å². The molecule has 0 amide bonds. The minimum absolute atomic E-state index is 0.0521. The van der Waals surface area contributed by atoms with Gasteiger partial charge in [-0.2, -0.15) is 18.4 Å². The standard InChI is InChI=1S/C12H6ClF3N4/c13-10-11(19-4-3-18-10)20-9-2-1-8(12(14,15)16)5-7(9)6-17/h1-5H,(H,19,20). The lowest BCUT2D eigenvalue weighted by atomic mass is 10.1. The minimum atomic E-state index is -4.51. The predicted molar refractivity (Wildman–Crippen MR) is 66.5 cm³/mol. The predicted octanol–water partition coefficient (Wildman–Crippen LogP) is 3.76. The molecule has 2 rings (SSSR count). The van der Waals surface area contributed by atoms with Gasteiger partial charge in [0.25, 0.3) is 0 Å². The Hall–Kier alpha value is -2.33. The summed E-state index contributed by atoms with van der Waals surface area (Å²) in [5.74, 6) is 0.158. The van der Waals surface area contributed by atoms with E-state index in [4.69, 9.17) is 16.9 Å². The van der Waals surface area contributed by atoms with E-state index in [0.29, 0.717) is 0 Å². The highest BCUT2D eigenvalue weighted by atomic mass is 35.5. The molecule has 0 bridgehead atoms. The third-order valence-corrected chi connectivity index (χ3v) is 2.65. The number of rotatable bonds is 2. The molecular weight excluding hydrogens is 293 g/mol. The van der Waals surface area contributed by atoms with Crippen molar-refractivity contribution in [2.75, 3.05) is 5.32 Å². The SMILES string of the molecule is N#Cc1cc(C(F)(F)F)ccc1Nc1nccnc1Cl. The van der Waals surface area contributed by atoms with Crippen molar-refractivity contribution in [3.63, 3.8) is 0 Å². The van der Waals surface area contributed by atoms with Crippen molar-refractivity contribution in [2.24, 2.45) is 0 Å². The smallest absolute Gasteiger partial charge is 0.337 e. The number of hydrogen-bond acceptors (Lipinski definition) is 4. The van der Waals surface area contributed by atoms with Crippen molar-refractivity contribution in [3.8, 4) is 6.07 Å². The van der Waals surface area contributed by atoms with Crippen LogP contribution in [0.3, 0.4) is 0 Å². The molecule has 0 saturated carbocycles. The summed E-state index contributed by atoms with van der Waals surface area (Å²) in [6, 6.07) is 4.46. The molecule has 1 aromatic heterocycles. The van der Waals surface area contributed by atoms with Gasteiger partial charge in [-0.15, -0.1) is 0 Å². The van der Waals surface area contributed by atoms with Crippen LogP contribution in [0.25, 0.3) is 0 Å². The van der Waals surface area contributed by atoms with Crippen molar-refractivity contribution in [2.45, 2.75) is 6.18 Å². The third-order valence-electron chi connectivity index (χ3n) is 2.37. The lowest BCUT2D eigenvalue weighted by Crippen LogP contribution is -2.06. The fourth-order valence-electron chi connectivity index (χ4n) is 1.45. The Labute approximate surface area is 116 Å². The first kappa shape index (κ1) is 14.1. The quantitative estimate of drug-likeness (QED) is 0.917. The van der Waals surface area contributed by atoms with Crippen LogP contribution in [-0.2, 0) is 6.18 Å². The summed E-state index contributed by atoms with van der Waals surface area (Å²) >= 11 is 5.77. The van der Waals surface area contributed by atoms with Crippen molar-refractivity contribution in [3.05, 3.63) is 46.9 Å². The van der Waals surface area contributed by atoms with Gasteiger partial charge in [-0.25, -0.2) is 9.97 Å². The second-order valence-electron chi connectivity index (χ2n) is 3.69. The van der Waals surface area contributed by atoms with Crippen molar-refractivity contribution in [1.29, 1.82) is 5.26 Å². The topological polar surface area (TPSA) is 61.6 Å². The van der Waals surface area contributed by atoms with E-state index in [2.05, 4.69) is 15.3 Å². The summed E-state index contributed by atoms with van der Waals surface area (Å²) in [5, 5.41) is 11.7. The molecule has 0 atom stereocenters. The number of nitrogens with zero attached hydrogens (tertiary/aromatic N) is 3. The molecular formula is C12H6ClF3N4. The van der Waals surface area contributed by atoms with Gasteiger partial charge < -0.3 is 5.32 Å². The second-order valence-corrected chi connectivity index (χ2v) is 4.05. The zero-order chi connectivity index (χ0) is 14.8. The highest BCUT2D eigenvalue weighted by Crippen LogP contribution is 2.32. The van der Waals surface area contributed by atoms with Crippen LogP contribution in [0.1, 0.15) is 11.1 Å². The van der Waals surface area contributed by atoms with E-state index in [1.54, 1.807) is 6.07 Å². The summed E-state index contributed by atoms with van der Waals surface area (Å²) < 4.78 is 37.7. The van der Waals surface area contributed by atoms with Crippen molar-refractivity contribution < 1.29 is 13.2 Å². The van der Waals surface area contributed by atoms with Crippen LogP contribution < -0.4 is 5.32 Å². The molecule has 8 heteroatoms. The van der Waals surface area contributed by atoms with E-state index in [9.17, 15) is 13.2 Å². The average molecular weight is 299 g/mol. The molecule has 0 spiro atoms. The minimum Gasteiger partial charge on any atom is -0.337 e. The molecule has 0 radical (unpaired) electrons. The number of nitriles is 1. The van der Waals surface area contributed by atoms with E-state index in [-0.39, 0.29) is 22.2 Å². The monoisotopic (exact) mass is 298 g/mol. The normalized spacial score (nSPS) is 10.9. The molecule has 0 fully saturated rings. The highest BCUT2D eigenvalue weighted by molar-refractivity contribution is 6.31. The molecule has 1 heterocycles. The van der Waals surface area contributed by atoms with Crippen LogP contribution in [0.2, 0.25) is 5.15 Å². The highest BCUT2D eigenvalue weighted by Gasteiger charge is 2.31. The summed E-state index contributed by atoms with van der Waals surface area (Å²) in [7, 11) is 0. The van der Waals surface area contributed by atoms with Gasteiger partial charge in [-0.3, -0.25) is 0 Å². The molecule has 0 aliphatic heterocycles. The Morgan fingerprint density at radius 2 is 1.90 bits per heavy atom. The molecule has 20 heavy (non-hydrogen) atoms. The Morgan fingerprint density at radius 3 is 2.50 bits per heavy atom. The van der Waals surface area contributed by atoms with Crippen molar-refractivity contribution in [1.82, 2.24) is 9.97 Å². The van der Waals surface area contributed by atoms with Gasteiger partial charge in [0.2, 0.25) is 0 Å². The fourth-order valence-corrected chi connectivity index (χ4v) is 1.61. The largest absolute Gasteiger partial charge is 0.416 e. The van der Waals surface area contributed by atoms with E-state index in [1.165, 1.54) is 12.4 Å². The van der Waals surface area contributed by atoms with Gasteiger partial charge in [-0.1, -0.05) is 11.6 Å². The van der Waals surface area contributed by atoms with Crippen molar-refractivity contribution >= 4 is 23.1 Å². The van der Waals surface area contributed by atoms with Gasteiger partial charge in [0.15, 0.2) is 11.0 Å². The van der Waals surface area contributed by atoms with E-state index in [0.717, 1.165) is 18.2 Å². The Balaban J connectivity index is 2.39. The molecule has 0 aliphatic rings. The number of aromatic nitrogens is 2. The van der Waals surface area contributed by atoms with Gasteiger partial charge in [0.05, 0.1) is 16.8 Å². The van der Waals surface area contributed by atoms with Crippen LogP contribution in [0.5, 0.6) is 0 Å². The summed E-state index contributed by atoms with van der Waals surface area (Å²) in [6.45, 7) is 0. The molecule has 0 unspecified atom stereocenters. The average Bonchev–Trinajstić information content (AvgIpc) is 2.40. The lowest BCUT2D eigenvalue weighted by Gasteiger charge is -2.11. The summed E-state index contributed by atoms with van der Waals surface area (Å²) in [6.07, 6.45) is -1.77. The molecule has 2 aromatic rings. The number of benzene rings is 1. The lowest BCUT2D eigenvalue weighted by molar-refractivity contribution is -0.137. The Morgan fingerprint density at radius 1 is 1.20 bits per heavy atom. The Bertz CT molecular complexity index is 679. The van der Waals surface area contributed by atoms with Crippen LogP contribution in [-0.4, -0.2) is 9.97 Å². The molecule has 1 aromatic carbocycles. The number of alkyl halides is 3. The number of hydrogen-bond donors (Lipinski definition) is 1. The van der Waals surface area contributed by atoms with E-state index in [1.807, 2.05) is 0 Å². The Kier molecular flexibility index (Phi) is 3.77. The van der Waals surface area contributed by atoms with Gasteiger partial charge in [0.1, 0.15) is 6.07 Å². The molecule has 102 valence electrons. The molecule has 0 aliphatic carbocycles. The fraction of sp³-hybridized carbons (Fsp3) is 0.0833. The first-order valence-corrected chi connectivity index (χ1v) is 5.64. The van der Waals surface area contributed by atoms with Gasteiger partial charge >= 0.3 is 6.18 Å². The summed E-state index contributed by atoms with van der Waals surface area (Å²) in [4.78, 5) is 7.65. The van der Waals surface area contributed by atoms with E-state index < -0.39 is 11.7 Å². The van der Waals surface area contributed by atoms with E-state index >= 15 is 0 Å². The first-order valence-electron chi connectivity index (χ1n) is 5.26. The maximum absolute atomic E-state index is 12.6. The van der Waals surface area contributed by atoms with Crippen LogP contribution in [0, 0.1) is 11.3 Å². The van der Waals surface area contributed by atoms with Crippen LogP contribution in [0.15, 0.2) is 30.6 Å². The third kappa shape index (κ3) is 2.97. The van der Waals surface area contributed by atoms with Crippen LogP contribution >= 0.6 is 11.6 Å². The number of halogens is 4. The first-order chi connectivity index (χ1) is 9.41. The van der Waals surface area contributed by atoms with Gasteiger partial charge in [-0.05, 0) is 18.2 Å². The maximum atomic E-state index is 12.6. The summed E-state index contributed by atoms with van der Waals surface area (Å²) in [5.41, 5.74) is -0.894.